The Bertz CT molecular complexity index is 754. The van der Waals surface area contributed by atoms with Crippen molar-refractivity contribution < 1.29 is 14.3 Å². The van der Waals surface area contributed by atoms with Gasteiger partial charge in [-0.1, -0.05) is 0 Å². The van der Waals surface area contributed by atoms with E-state index < -0.39 is 0 Å². The molecule has 0 unspecified atom stereocenters. The number of thioether (sulfide) groups is 1. The van der Waals surface area contributed by atoms with E-state index in [9.17, 15) is 4.79 Å². The molecule has 0 atom stereocenters. The molecule has 0 fully saturated rings. The van der Waals surface area contributed by atoms with Gasteiger partial charge in [0.15, 0.2) is 0 Å². The van der Waals surface area contributed by atoms with E-state index in [4.69, 9.17) is 14.7 Å². The maximum absolute atomic E-state index is 12.2. The normalized spacial score (nSPS) is 9.96. The molecule has 0 aliphatic carbocycles. The van der Waals surface area contributed by atoms with Gasteiger partial charge < -0.3 is 14.8 Å². The lowest BCUT2D eigenvalue weighted by Gasteiger charge is -2.12. The lowest BCUT2D eigenvalue weighted by Crippen LogP contribution is -2.13. The molecule has 25 heavy (non-hydrogen) atoms. The fraction of sp³-hybridized carbons (Fsp3) is 0.263. The van der Waals surface area contributed by atoms with Gasteiger partial charge in [0.1, 0.15) is 11.5 Å². The highest BCUT2D eigenvalue weighted by Crippen LogP contribution is 2.26. The first-order valence-electron chi connectivity index (χ1n) is 7.90. The molecule has 1 amide bonds. The van der Waals surface area contributed by atoms with Crippen LogP contribution >= 0.6 is 11.8 Å². The van der Waals surface area contributed by atoms with Crippen LogP contribution in [0.3, 0.4) is 0 Å². The number of anilines is 1. The van der Waals surface area contributed by atoms with Gasteiger partial charge in [0, 0.05) is 17.1 Å². The summed E-state index contributed by atoms with van der Waals surface area (Å²) in [5.74, 6) is 1.91. The number of carbonyl (C=O) groups is 1. The standard InChI is InChI=1S/C19H20N2O3S/c1-3-24-18-9-4-14(13-20)12-17(18)21-19(22)10-11-25-16-7-5-15(23-2)6-8-16/h4-9,12H,3,10-11H2,1-2H3,(H,21,22). The van der Waals surface area contributed by atoms with Crippen molar-refractivity contribution in [2.75, 3.05) is 24.8 Å². The van der Waals surface area contributed by atoms with E-state index in [2.05, 4.69) is 11.4 Å². The Morgan fingerprint density at radius 2 is 2.00 bits per heavy atom. The summed E-state index contributed by atoms with van der Waals surface area (Å²) < 4.78 is 10.6. The second kappa shape index (κ2) is 9.60. The van der Waals surface area contributed by atoms with Gasteiger partial charge in [-0.15, -0.1) is 11.8 Å². The molecule has 1 N–H and O–H groups in total. The lowest BCUT2D eigenvalue weighted by molar-refractivity contribution is -0.115. The predicted molar refractivity (Wildman–Crippen MR) is 99.3 cm³/mol. The summed E-state index contributed by atoms with van der Waals surface area (Å²) >= 11 is 1.60. The largest absolute Gasteiger partial charge is 0.497 e. The van der Waals surface area contributed by atoms with Crippen molar-refractivity contribution >= 4 is 23.4 Å². The van der Waals surface area contributed by atoms with Crippen molar-refractivity contribution in [1.82, 2.24) is 0 Å². The highest BCUT2D eigenvalue weighted by molar-refractivity contribution is 7.99. The third-order valence-electron chi connectivity index (χ3n) is 3.34. The number of nitrogens with zero attached hydrogens (tertiary/aromatic N) is 1. The summed E-state index contributed by atoms with van der Waals surface area (Å²) in [7, 11) is 1.63. The maximum Gasteiger partial charge on any atom is 0.225 e. The van der Waals surface area contributed by atoms with Gasteiger partial charge in [-0.25, -0.2) is 0 Å². The van der Waals surface area contributed by atoms with E-state index in [1.54, 1.807) is 37.1 Å². The minimum absolute atomic E-state index is 0.114. The number of rotatable bonds is 8. The van der Waals surface area contributed by atoms with Crippen LogP contribution in [0.25, 0.3) is 0 Å². The second-order valence-electron chi connectivity index (χ2n) is 5.08. The minimum atomic E-state index is -0.114. The Kier molecular flexibility index (Phi) is 7.17. The summed E-state index contributed by atoms with van der Waals surface area (Å²) in [5, 5.41) is 11.8. The van der Waals surface area contributed by atoms with E-state index in [1.165, 1.54) is 0 Å². The van der Waals surface area contributed by atoms with Gasteiger partial charge in [0.25, 0.3) is 0 Å². The van der Waals surface area contributed by atoms with Crippen LogP contribution in [0.1, 0.15) is 18.9 Å². The average molecular weight is 356 g/mol. The van der Waals surface area contributed by atoms with Crippen LogP contribution in [-0.2, 0) is 4.79 Å². The van der Waals surface area contributed by atoms with E-state index in [1.807, 2.05) is 31.2 Å². The molecule has 0 saturated carbocycles. The van der Waals surface area contributed by atoms with Crippen LogP contribution in [0.5, 0.6) is 11.5 Å². The fourth-order valence-electron chi connectivity index (χ4n) is 2.12. The molecule has 0 spiro atoms. The molecule has 2 aromatic rings. The predicted octanol–water partition coefficient (Wildman–Crippen LogP) is 4.09. The summed E-state index contributed by atoms with van der Waals surface area (Å²) in [6.07, 6.45) is 0.360. The van der Waals surface area contributed by atoms with Crippen molar-refractivity contribution in [1.29, 1.82) is 5.26 Å². The number of nitrogens with one attached hydrogen (secondary N) is 1. The number of nitriles is 1. The molecule has 0 radical (unpaired) electrons. The summed E-state index contributed by atoms with van der Waals surface area (Å²) in [6, 6.07) is 14.8. The third-order valence-corrected chi connectivity index (χ3v) is 4.35. The molecule has 2 aromatic carbocycles. The highest BCUT2D eigenvalue weighted by atomic mass is 32.2. The first-order valence-corrected chi connectivity index (χ1v) is 8.88. The smallest absolute Gasteiger partial charge is 0.225 e. The molecule has 0 aliphatic heterocycles. The van der Waals surface area contributed by atoms with Gasteiger partial charge in [-0.05, 0) is 49.4 Å². The molecule has 0 heterocycles. The molecule has 6 heteroatoms. The van der Waals surface area contributed by atoms with Crippen LogP contribution in [0.15, 0.2) is 47.4 Å². The number of amides is 1. The number of hydrogen-bond donors (Lipinski definition) is 1. The zero-order valence-corrected chi connectivity index (χ0v) is 15.1. The lowest BCUT2D eigenvalue weighted by atomic mass is 10.2. The molecule has 0 aromatic heterocycles. The van der Waals surface area contributed by atoms with Crippen LogP contribution in [0.4, 0.5) is 5.69 Å². The topological polar surface area (TPSA) is 71.3 Å². The molecule has 2 rings (SSSR count). The summed E-state index contributed by atoms with van der Waals surface area (Å²) in [4.78, 5) is 13.3. The molecule has 130 valence electrons. The molecule has 0 saturated heterocycles. The number of methoxy groups -OCH3 is 1. The zero-order chi connectivity index (χ0) is 18.1. The van der Waals surface area contributed by atoms with E-state index in [0.717, 1.165) is 10.6 Å². The van der Waals surface area contributed by atoms with Crippen molar-refractivity contribution in [3.8, 4) is 17.6 Å². The van der Waals surface area contributed by atoms with Crippen molar-refractivity contribution in [2.24, 2.45) is 0 Å². The quantitative estimate of drug-likeness (QED) is 0.722. The monoisotopic (exact) mass is 356 g/mol. The van der Waals surface area contributed by atoms with Gasteiger partial charge in [-0.3, -0.25) is 4.79 Å². The summed E-state index contributed by atoms with van der Waals surface area (Å²) in [6.45, 7) is 2.36. The van der Waals surface area contributed by atoms with E-state index >= 15 is 0 Å². The number of hydrogen-bond acceptors (Lipinski definition) is 5. The van der Waals surface area contributed by atoms with Crippen molar-refractivity contribution in [3.05, 3.63) is 48.0 Å². The Labute approximate surface area is 151 Å². The Balaban J connectivity index is 1.90. The first kappa shape index (κ1) is 18.7. The number of carbonyl (C=O) groups excluding carboxylic acids is 1. The van der Waals surface area contributed by atoms with Crippen LogP contribution in [0, 0.1) is 11.3 Å². The van der Waals surface area contributed by atoms with Gasteiger partial charge in [0.05, 0.1) is 31.0 Å². The zero-order valence-electron chi connectivity index (χ0n) is 14.2. The van der Waals surface area contributed by atoms with Gasteiger partial charge >= 0.3 is 0 Å². The minimum Gasteiger partial charge on any atom is -0.497 e. The van der Waals surface area contributed by atoms with Crippen molar-refractivity contribution in [3.63, 3.8) is 0 Å². The molecule has 0 bridgehead atoms. The summed E-state index contributed by atoms with van der Waals surface area (Å²) in [5.41, 5.74) is 1.01. The van der Waals surface area contributed by atoms with Crippen LogP contribution in [-0.4, -0.2) is 25.4 Å². The molecular formula is C19H20N2O3S. The number of ether oxygens (including phenoxy) is 2. The molecule has 0 aliphatic rings. The van der Waals surface area contributed by atoms with Gasteiger partial charge in [0.2, 0.25) is 5.91 Å². The Morgan fingerprint density at radius 1 is 1.24 bits per heavy atom. The Morgan fingerprint density at radius 3 is 2.64 bits per heavy atom. The fourth-order valence-corrected chi connectivity index (χ4v) is 2.98. The second-order valence-corrected chi connectivity index (χ2v) is 6.25. The van der Waals surface area contributed by atoms with Crippen LogP contribution in [0.2, 0.25) is 0 Å². The first-order chi connectivity index (χ1) is 12.2. The highest BCUT2D eigenvalue weighted by Gasteiger charge is 2.09. The van der Waals surface area contributed by atoms with E-state index in [0.29, 0.717) is 35.8 Å². The van der Waals surface area contributed by atoms with Crippen molar-refractivity contribution in [2.45, 2.75) is 18.2 Å². The van der Waals surface area contributed by atoms with Gasteiger partial charge in [-0.2, -0.15) is 5.26 Å². The third kappa shape index (κ3) is 5.73. The average Bonchev–Trinajstić information content (AvgIpc) is 2.64. The Hall–Kier alpha value is -2.65. The number of benzene rings is 2. The van der Waals surface area contributed by atoms with E-state index in [-0.39, 0.29) is 5.91 Å². The van der Waals surface area contributed by atoms with Crippen LogP contribution < -0.4 is 14.8 Å². The molecule has 5 nitrogen and oxygen atoms in total. The molecular weight excluding hydrogens is 336 g/mol. The SMILES string of the molecule is CCOc1ccc(C#N)cc1NC(=O)CCSc1ccc(OC)cc1. The maximum atomic E-state index is 12.2.